The van der Waals surface area contributed by atoms with Gasteiger partial charge >= 0.3 is 0 Å². The number of benzene rings is 1. The van der Waals surface area contributed by atoms with Crippen molar-refractivity contribution in [2.45, 2.75) is 24.7 Å². The van der Waals surface area contributed by atoms with E-state index in [1.165, 1.54) is 0 Å². The summed E-state index contributed by atoms with van der Waals surface area (Å²) in [4.78, 5) is 0.345. The molecule has 1 N–H and O–H groups in total. The van der Waals surface area contributed by atoms with Crippen LogP contribution >= 0.6 is 12.4 Å². The van der Waals surface area contributed by atoms with Crippen molar-refractivity contribution >= 4 is 22.4 Å². The second-order valence-electron chi connectivity index (χ2n) is 5.31. The molecule has 1 fully saturated rings. The molecule has 126 valence electrons. The van der Waals surface area contributed by atoms with Gasteiger partial charge < -0.3 is 10.1 Å². The van der Waals surface area contributed by atoms with Gasteiger partial charge in [-0.1, -0.05) is 0 Å². The molecule has 22 heavy (non-hydrogen) atoms. The average Bonchev–Trinajstić information content (AvgIpc) is 2.49. The number of rotatable bonds is 6. The van der Waals surface area contributed by atoms with Gasteiger partial charge in [0.1, 0.15) is 5.75 Å². The Hall–Kier alpha value is -0.820. The van der Waals surface area contributed by atoms with Crippen LogP contribution in [0, 0.1) is 5.92 Å². The minimum absolute atomic E-state index is 0. The Morgan fingerprint density at radius 2 is 1.82 bits per heavy atom. The molecule has 7 heteroatoms. The maximum absolute atomic E-state index is 12.6. The smallest absolute Gasteiger partial charge is 0.243 e. The van der Waals surface area contributed by atoms with Gasteiger partial charge in [-0.15, -0.1) is 12.4 Å². The van der Waals surface area contributed by atoms with Crippen LogP contribution in [0.5, 0.6) is 5.75 Å². The van der Waals surface area contributed by atoms with Gasteiger partial charge in [0.2, 0.25) is 10.0 Å². The zero-order valence-electron chi connectivity index (χ0n) is 13.1. The largest absolute Gasteiger partial charge is 0.494 e. The summed E-state index contributed by atoms with van der Waals surface area (Å²) in [7, 11) is -1.44. The highest BCUT2D eigenvalue weighted by Gasteiger charge is 2.29. The van der Waals surface area contributed by atoms with Crippen molar-refractivity contribution in [3.05, 3.63) is 24.3 Å². The quantitative estimate of drug-likeness (QED) is 0.855. The number of sulfonamides is 1. The van der Waals surface area contributed by atoms with E-state index in [4.69, 9.17) is 4.74 Å². The van der Waals surface area contributed by atoms with Crippen molar-refractivity contribution in [3.63, 3.8) is 0 Å². The Kier molecular flexibility index (Phi) is 7.62. The molecule has 0 amide bonds. The van der Waals surface area contributed by atoms with E-state index in [-0.39, 0.29) is 12.4 Å². The molecule has 1 aromatic carbocycles. The number of halogens is 1. The van der Waals surface area contributed by atoms with Crippen molar-refractivity contribution in [1.82, 2.24) is 9.62 Å². The Morgan fingerprint density at radius 3 is 2.32 bits per heavy atom. The molecule has 0 bridgehead atoms. The minimum atomic E-state index is -3.37. The van der Waals surface area contributed by atoms with E-state index in [1.807, 2.05) is 14.0 Å². The molecule has 1 aliphatic heterocycles. The van der Waals surface area contributed by atoms with E-state index >= 15 is 0 Å². The highest BCUT2D eigenvalue weighted by atomic mass is 35.5. The van der Waals surface area contributed by atoms with E-state index in [9.17, 15) is 8.42 Å². The molecule has 0 radical (unpaired) electrons. The van der Waals surface area contributed by atoms with E-state index in [1.54, 1.807) is 28.6 Å². The van der Waals surface area contributed by atoms with Crippen molar-refractivity contribution in [3.8, 4) is 5.75 Å². The predicted octanol–water partition coefficient (Wildman–Crippen LogP) is 2.13. The summed E-state index contributed by atoms with van der Waals surface area (Å²) in [6, 6.07) is 6.67. The third-order valence-electron chi connectivity index (χ3n) is 3.84. The number of hydrogen-bond acceptors (Lipinski definition) is 4. The summed E-state index contributed by atoms with van der Waals surface area (Å²) in [5, 5.41) is 3.16. The second kappa shape index (κ2) is 8.72. The predicted molar refractivity (Wildman–Crippen MR) is 90.3 cm³/mol. The Balaban J connectivity index is 0.00000242. The summed E-state index contributed by atoms with van der Waals surface area (Å²) in [6.07, 6.45) is 1.83. The summed E-state index contributed by atoms with van der Waals surface area (Å²) in [5.74, 6) is 1.27. The molecule has 5 nitrogen and oxygen atoms in total. The van der Waals surface area contributed by atoms with Crippen molar-refractivity contribution in [1.29, 1.82) is 0 Å². The van der Waals surface area contributed by atoms with Crippen molar-refractivity contribution < 1.29 is 13.2 Å². The lowest BCUT2D eigenvalue weighted by Crippen LogP contribution is -2.40. The van der Waals surface area contributed by atoms with Gasteiger partial charge in [-0.3, -0.25) is 0 Å². The van der Waals surface area contributed by atoms with Crippen LogP contribution in [-0.2, 0) is 10.0 Å². The molecule has 0 atom stereocenters. The number of piperidine rings is 1. The number of nitrogens with zero attached hydrogens (tertiary/aromatic N) is 1. The molecule has 1 heterocycles. The lowest BCUT2D eigenvalue weighted by atomic mass is 9.98. The molecule has 0 unspecified atom stereocenters. The SMILES string of the molecule is CCOc1ccc(S(=O)(=O)N2CCC(CNC)CC2)cc1.Cl. The zero-order chi connectivity index (χ0) is 15.3. The van der Waals surface area contributed by atoms with Crippen LogP contribution in [0.25, 0.3) is 0 Å². The van der Waals surface area contributed by atoms with Crippen molar-refractivity contribution in [2.75, 3.05) is 33.3 Å². The average molecular weight is 349 g/mol. The summed E-state index contributed by atoms with van der Waals surface area (Å²) < 4.78 is 32.1. The standard InChI is InChI=1S/C15H24N2O3S.ClH/c1-3-20-14-4-6-15(7-5-14)21(18,19)17-10-8-13(9-11-17)12-16-2;/h4-7,13,16H,3,8-12H2,1-2H3;1H. The van der Waals surface area contributed by atoms with E-state index < -0.39 is 10.0 Å². The summed E-state index contributed by atoms with van der Waals surface area (Å²) in [5.41, 5.74) is 0. The zero-order valence-corrected chi connectivity index (χ0v) is 14.8. The molecule has 0 aromatic heterocycles. The van der Waals surface area contributed by atoms with Crippen LogP contribution in [0.1, 0.15) is 19.8 Å². The van der Waals surface area contributed by atoms with Crippen LogP contribution in [0.4, 0.5) is 0 Å². The van der Waals surface area contributed by atoms with Gasteiger partial charge in [-0.25, -0.2) is 8.42 Å². The van der Waals surface area contributed by atoms with E-state index in [0.29, 0.717) is 36.3 Å². The fourth-order valence-electron chi connectivity index (χ4n) is 2.67. The van der Waals surface area contributed by atoms with Gasteiger partial charge in [0.15, 0.2) is 0 Å². The minimum Gasteiger partial charge on any atom is -0.494 e. The fraction of sp³-hybridized carbons (Fsp3) is 0.600. The molecular formula is C15H25ClN2O3S. The van der Waals surface area contributed by atoms with Crippen LogP contribution in [-0.4, -0.2) is 46.0 Å². The van der Waals surface area contributed by atoms with Gasteiger partial charge in [0, 0.05) is 13.1 Å². The first-order valence-corrected chi connectivity index (χ1v) is 8.89. The lowest BCUT2D eigenvalue weighted by molar-refractivity contribution is 0.270. The maximum atomic E-state index is 12.6. The number of hydrogen-bond donors (Lipinski definition) is 1. The summed E-state index contributed by atoms with van der Waals surface area (Å²) in [6.45, 7) is 4.63. The highest BCUT2D eigenvalue weighted by molar-refractivity contribution is 7.89. The van der Waals surface area contributed by atoms with Crippen LogP contribution in [0.2, 0.25) is 0 Å². The Bertz CT molecular complexity index is 540. The van der Waals surface area contributed by atoms with Gasteiger partial charge in [-0.2, -0.15) is 4.31 Å². The van der Waals surface area contributed by atoms with Gasteiger partial charge in [0.25, 0.3) is 0 Å². The normalized spacial score (nSPS) is 17.0. The van der Waals surface area contributed by atoms with Crippen LogP contribution in [0.15, 0.2) is 29.2 Å². The number of ether oxygens (including phenoxy) is 1. The van der Waals surface area contributed by atoms with Crippen LogP contribution in [0.3, 0.4) is 0 Å². The topological polar surface area (TPSA) is 58.6 Å². The molecule has 0 aliphatic carbocycles. The third kappa shape index (κ3) is 4.59. The molecule has 0 saturated carbocycles. The molecular weight excluding hydrogens is 324 g/mol. The Morgan fingerprint density at radius 1 is 1.23 bits per heavy atom. The van der Waals surface area contributed by atoms with Crippen LogP contribution < -0.4 is 10.1 Å². The second-order valence-corrected chi connectivity index (χ2v) is 7.25. The molecule has 1 aromatic rings. The molecule has 1 aliphatic rings. The van der Waals surface area contributed by atoms with Gasteiger partial charge in [0.05, 0.1) is 11.5 Å². The molecule has 0 spiro atoms. The Labute approximate surface area is 139 Å². The number of nitrogens with one attached hydrogen (secondary N) is 1. The molecule has 2 rings (SSSR count). The lowest BCUT2D eigenvalue weighted by Gasteiger charge is -2.31. The first-order chi connectivity index (χ1) is 10.1. The van der Waals surface area contributed by atoms with Gasteiger partial charge in [-0.05, 0) is 63.5 Å². The fourth-order valence-corrected chi connectivity index (χ4v) is 4.14. The van der Waals surface area contributed by atoms with Crippen molar-refractivity contribution in [2.24, 2.45) is 5.92 Å². The first-order valence-electron chi connectivity index (χ1n) is 7.45. The summed E-state index contributed by atoms with van der Waals surface area (Å²) >= 11 is 0. The first kappa shape index (κ1) is 19.2. The third-order valence-corrected chi connectivity index (χ3v) is 5.75. The highest BCUT2D eigenvalue weighted by Crippen LogP contribution is 2.24. The van der Waals surface area contributed by atoms with E-state index in [0.717, 1.165) is 19.4 Å². The maximum Gasteiger partial charge on any atom is 0.243 e. The molecule has 1 saturated heterocycles. The monoisotopic (exact) mass is 348 g/mol. The van der Waals surface area contributed by atoms with E-state index in [2.05, 4.69) is 5.32 Å².